The first-order valence-corrected chi connectivity index (χ1v) is 14.4. The first-order chi connectivity index (χ1) is 16.7. The third-order valence-electron chi connectivity index (χ3n) is 6.03. The number of aliphatic hydroxyl groups excluding tert-OH is 1. The molecular weight excluding hydrogens is 424 g/mol. The highest BCUT2D eigenvalue weighted by Gasteiger charge is 2.13. The molecule has 0 fully saturated rings. The van der Waals surface area contributed by atoms with Crippen LogP contribution in [0.1, 0.15) is 136 Å². The fourth-order valence-electron chi connectivity index (χ4n) is 3.83. The summed E-state index contributed by atoms with van der Waals surface area (Å²) in [6.07, 6.45) is 30.6. The van der Waals surface area contributed by atoms with Gasteiger partial charge in [-0.15, -0.1) is 0 Å². The number of hydrogen-bond acceptors (Lipinski definition) is 4. The minimum absolute atomic E-state index is 0.176. The number of rotatable bonds is 26. The monoisotopic (exact) mass is 480 g/mol. The molecule has 0 radical (unpaired) electrons. The Hall–Kier alpha value is -1.13. The van der Waals surface area contributed by atoms with Gasteiger partial charge in [-0.25, -0.2) is 0 Å². The summed E-state index contributed by atoms with van der Waals surface area (Å²) in [5.41, 5.74) is 0. The van der Waals surface area contributed by atoms with E-state index in [-0.39, 0.29) is 12.6 Å². The quantitative estimate of drug-likeness (QED) is 0.0766. The second-order valence-electron chi connectivity index (χ2n) is 9.47. The molecule has 0 aromatic rings. The van der Waals surface area contributed by atoms with E-state index in [9.17, 15) is 9.90 Å². The summed E-state index contributed by atoms with van der Waals surface area (Å²) >= 11 is 0. The summed E-state index contributed by atoms with van der Waals surface area (Å²) < 4.78 is 10.9. The lowest BCUT2D eigenvalue weighted by Crippen LogP contribution is -2.27. The van der Waals surface area contributed by atoms with Gasteiger partial charge in [-0.3, -0.25) is 4.79 Å². The molecule has 0 heterocycles. The number of ether oxygens (including phenoxy) is 2. The Kier molecular flexibility index (Phi) is 27.2. The van der Waals surface area contributed by atoms with Gasteiger partial charge >= 0.3 is 5.97 Å². The number of aliphatic hydroxyl groups is 1. The highest BCUT2D eigenvalue weighted by molar-refractivity contribution is 5.69. The Labute approximate surface area is 211 Å². The number of esters is 1. The normalized spacial score (nSPS) is 12.7. The van der Waals surface area contributed by atoms with Crippen LogP contribution in [0, 0.1) is 0 Å². The van der Waals surface area contributed by atoms with Gasteiger partial charge in [0.2, 0.25) is 0 Å². The van der Waals surface area contributed by atoms with E-state index >= 15 is 0 Å². The minimum atomic E-state index is -0.532. The number of allylic oxidation sites excluding steroid dienone is 4. The summed E-state index contributed by atoms with van der Waals surface area (Å²) in [4.78, 5) is 12.0. The van der Waals surface area contributed by atoms with Gasteiger partial charge in [0.25, 0.3) is 0 Å². The summed E-state index contributed by atoms with van der Waals surface area (Å²) in [5, 5.41) is 9.42. The molecule has 0 rings (SSSR count). The first-order valence-electron chi connectivity index (χ1n) is 14.4. The van der Waals surface area contributed by atoms with Crippen molar-refractivity contribution in [2.75, 3.05) is 19.8 Å². The fourth-order valence-corrected chi connectivity index (χ4v) is 3.83. The van der Waals surface area contributed by atoms with E-state index in [2.05, 4.69) is 38.2 Å². The van der Waals surface area contributed by atoms with Crippen molar-refractivity contribution in [3.63, 3.8) is 0 Å². The zero-order chi connectivity index (χ0) is 25.0. The summed E-state index contributed by atoms with van der Waals surface area (Å²) in [5.74, 6) is -0.219. The predicted octanol–water partition coefficient (Wildman–Crippen LogP) is 8.47. The van der Waals surface area contributed by atoms with E-state index in [4.69, 9.17) is 9.47 Å². The maximum atomic E-state index is 12.0. The van der Waals surface area contributed by atoms with Gasteiger partial charge in [0.15, 0.2) is 0 Å². The molecular formula is C30H56O4. The van der Waals surface area contributed by atoms with Crippen LogP contribution in [0.15, 0.2) is 24.3 Å². The third kappa shape index (κ3) is 25.5. The van der Waals surface area contributed by atoms with E-state index in [1.165, 1.54) is 77.0 Å². The van der Waals surface area contributed by atoms with Gasteiger partial charge in [0.05, 0.1) is 13.2 Å². The SMILES string of the molecule is CCCCCC/C=C\C/C=C\CCCCCCCC(=O)OC(CO)COCCCCCCCC. The molecule has 1 atom stereocenters. The topological polar surface area (TPSA) is 55.8 Å². The zero-order valence-corrected chi connectivity index (χ0v) is 22.6. The molecule has 0 aliphatic rings. The predicted molar refractivity (Wildman–Crippen MR) is 145 cm³/mol. The standard InChI is InChI=1S/C30H56O4/c1-3-5-7-9-11-12-13-14-15-16-17-18-19-20-21-23-25-30(32)34-29(27-31)28-33-26-24-22-10-8-6-4-2/h12-13,15-16,29,31H,3-11,14,17-28H2,1-2H3/b13-12-,16-15-. The van der Waals surface area contributed by atoms with Crippen LogP contribution in [0.25, 0.3) is 0 Å². The van der Waals surface area contributed by atoms with Crippen LogP contribution < -0.4 is 0 Å². The molecule has 0 aromatic carbocycles. The van der Waals surface area contributed by atoms with Crippen LogP contribution in [0.3, 0.4) is 0 Å². The molecule has 1 N–H and O–H groups in total. The Morgan fingerprint density at radius 2 is 1.24 bits per heavy atom. The highest BCUT2D eigenvalue weighted by atomic mass is 16.6. The molecule has 34 heavy (non-hydrogen) atoms. The van der Waals surface area contributed by atoms with Gasteiger partial charge < -0.3 is 14.6 Å². The lowest BCUT2D eigenvalue weighted by atomic mass is 10.1. The fraction of sp³-hybridized carbons (Fsp3) is 0.833. The maximum Gasteiger partial charge on any atom is 0.306 e. The second-order valence-corrected chi connectivity index (χ2v) is 9.47. The Morgan fingerprint density at radius 3 is 1.85 bits per heavy atom. The minimum Gasteiger partial charge on any atom is -0.457 e. The summed E-state index contributed by atoms with van der Waals surface area (Å²) in [6, 6.07) is 0. The number of carbonyl (C=O) groups excluding carboxylic acids is 1. The van der Waals surface area contributed by atoms with E-state index in [0.717, 1.165) is 38.5 Å². The molecule has 0 amide bonds. The molecule has 0 aliphatic heterocycles. The Balaban J connectivity index is 3.50. The molecule has 0 bridgehead atoms. The van der Waals surface area contributed by atoms with Crippen LogP contribution >= 0.6 is 0 Å². The molecule has 0 aliphatic carbocycles. The van der Waals surface area contributed by atoms with Crippen molar-refractivity contribution >= 4 is 5.97 Å². The smallest absolute Gasteiger partial charge is 0.306 e. The van der Waals surface area contributed by atoms with Crippen LogP contribution in [0.2, 0.25) is 0 Å². The average molecular weight is 481 g/mol. The second kappa shape index (κ2) is 28.1. The Bertz CT molecular complexity index is 472. The van der Waals surface area contributed by atoms with E-state index in [0.29, 0.717) is 19.6 Å². The maximum absolute atomic E-state index is 12.0. The number of carbonyl (C=O) groups is 1. The van der Waals surface area contributed by atoms with Crippen LogP contribution in [-0.4, -0.2) is 37.0 Å². The summed E-state index contributed by atoms with van der Waals surface area (Å²) in [6.45, 7) is 5.26. The van der Waals surface area contributed by atoms with E-state index in [1.54, 1.807) is 0 Å². The molecule has 200 valence electrons. The Morgan fingerprint density at radius 1 is 0.706 bits per heavy atom. The van der Waals surface area contributed by atoms with Crippen molar-refractivity contribution in [2.45, 2.75) is 142 Å². The van der Waals surface area contributed by atoms with Crippen molar-refractivity contribution in [3.05, 3.63) is 24.3 Å². The van der Waals surface area contributed by atoms with E-state index in [1.807, 2.05) is 0 Å². The first kappa shape index (κ1) is 32.9. The molecule has 1 unspecified atom stereocenters. The molecule has 0 saturated carbocycles. The number of unbranched alkanes of at least 4 members (excludes halogenated alkanes) is 14. The van der Waals surface area contributed by atoms with Gasteiger partial charge in [-0.2, -0.15) is 0 Å². The van der Waals surface area contributed by atoms with Gasteiger partial charge in [-0.1, -0.05) is 109 Å². The van der Waals surface area contributed by atoms with Crippen molar-refractivity contribution < 1.29 is 19.4 Å². The van der Waals surface area contributed by atoms with Gasteiger partial charge in [0, 0.05) is 13.0 Å². The largest absolute Gasteiger partial charge is 0.457 e. The van der Waals surface area contributed by atoms with Crippen molar-refractivity contribution in [3.8, 4) is 0 Å². The third-order valence-corrected chi connectivity index (χ3v) is 6.03. The van der Waals surface area contributed by atoms with Gasteiger partial charge in [-0.05, 0) is 44.9 Å². The summed E-state index contributed by atoms with van der Waals surface area (Å²) in [7, 11) is 0. The number of hydrogen-bond donors (Lipinski definition) is 1. The average Bonchev–Trinajstić information content (AvgIpc) is 2.84. The van der Waals surface area contributed by atoms with Crippen LogP contribution in [0.5, 0.6) is 0 Å². The van der Waals surface area contributed by atoms with Crippen molar-refractivity contribution in [1.82, 2.24) is 0 Å². The van der Waals surface area contributed by atoms with Crippen molar-refractivity contribution in [2.24, 2.45) is 0 Å². The van der Waals surface area contributed by atoms with Crippen LogP contribution in [0.4, 0.5) is 0 Å². The molecule has 0 aromatic heterocycles. The zero-order valence-electron chi connectivity index (χ0n) is 22.6. The highest BCUT2D eigenvalue weighted by Crippen LogP contribution is 2.10. The lowest BCUT2D eigenvalue weighted by Gasteiger charge is -2.15. The molecule has 0 spiro atoms. The van der Waals surface area contributed by atoms with E-state index < -0.39 is 6.10 Å². The molecule has 4 heteroatoms. The lowest BCUT2D eigenvalue weighted by molar-refractivity contribution is -0.154. The van der Waals surface area contributed by atoms with Gasteiger partial charge in [0.1, 0.15) is 6.10 Å². The van der Waals surface area contributed by atoms with Crippen molar-refractivity contribution in [1.29, 1.82) is 0 Å². The van der Waals surface area contributed by atoms with Crippen LogP contribution in [-0.2, 0) is 14.3 Å². The molecule has 4 nitrogen and oxygen atoms in total. The molecule has 0 saturated heterocycles.